The van der Waals surface area contributed by atoms with E-state index in [-0.39, 0.29) is 23.5 Å². The normalized spacial score (nSPS) is 24.7. The van der Waals surface area contributed by atoms with E-state index in [1.165, 1.54) is 0 Å². The summed E-state index contributed by atoms with van der Waals surface area (Å²) in [7, 11) is 0. The van der Waals surface area contributed by atoms with Gasteiger partial charge < -0.3 is 15.7 Å². The fraction of sp³-hybridized carbons (Fsp3) is 0.562. The summed E-state index contributed by atoms with van der Waals surface area (Å²) in [5, 5.41) is 12.3. The van der Waals surface area contributed by atoms with Gasteiger partial charge in [0.05, 0.1) is 17.6 Å². The maximum Gasteiger partial charge on any atom is 0.147 e. The predicted octanol–water partition coefficient (Wildman–Crippen LogP) is 2.02. The first kappa shape index (κ1) is 15.8. The molecule has 5 heteroatoms. The van der Waals surface area contributed by atoms with E-state index < -0.39 is 0 Å². The van der Waals surface area contributed by atoms with E-state index in [1.807, 2.05) is 30.3 Å². The molecule has 21 heavy (non-hydrogen) atoms. The van der Waals surface area contributed by atoms with Gasteiger partial charge in [0.2, 0.25) is 0 Å². The molecule has 0 amide bonds. The fourth-order valence-electron chi connectivity index (χ4n) is 3.11. The van der Waals surface area contributed by atoms with E-state index in [2.05, 4.69) is 30.8 Å². The SMILES string of the molecule is CC1CN(CC(C(N)=NO)c2ccccc2)CC(C)(C)O1. The third-order valence-electron chi connectivity index (χ3n) is 3.76. The molecule has 5 nitrogen and oxygen atoms in total. The average molecular weight is 291 g/mol. The van der Waals surface area contributed by atoms with E-state index in [0.29, 0.717) is 0 Å². The predicted molar refractivity (Wildman–Crippen MR) is 83.7 cm³/mol. The van der Waals surface area contributed by atoms with Crippen molar-refractivity contribution in [1.82, 2.24) is 4.90 Å². The second-order valence-corrected chi connectivity index (χ2v) is 6.37. The first-order valence-corrected chi connectivity index (χ1v) is 7.34. The van der Waals surface area contributed by atoms with Crippen LogP contribution in [-0.2, 0) is 4.74 Å². The number of amidine groups is 1. The van der Waals surface area contributed by atoms with Crippen LogP contribution in [0.2, 0.25) is 0 Å². The third kappa shape index (κ3) is 4.19. The van der Waals surface area contributed by atoms with Crippen molar-refractivity contribution in [2.24, 2.45) is 10.9 Å². The number of morpholine rings is 1. The van der Waals surface area contributed by atoms with Crippen molar-refractivity contribution in [3.8, 4) is 0 Å². The average Bonchev–Trinajstić information content (AvgIpc) is 2.43. The Labute approximate surface area is 126 Å². The lowest BCUT2D eigenvalue weighted by molar-refractivity contribution is -0.128. The molecule has 0 bridgehead atoms. The molecule has 1 saturated heterocycles. The highest BCUT2D eigenvalue weighted by Crippen LogP contribution is 2.24. The van der Waals surface area contributed by atoms with Gasteiger partial charge in [-0.25, -0.2) is 0 Å². The number of hydrogen-bond acceptors (Lipinski definition) is 4. The molecule has 116 valence electrons. The van der Waals surface area contributed by atoms with Gasteiger partial charge in [-0.1, -0.05) is 35.5 Å². The molecule has 1 aliphatic heterocycles. The van der Waals surface area contributed by atoms with Crippen LogP contribution < -0.4 is 5.73 Å². The fourth-order valence-corrected chi connectivity index (χ4v) is 3.11. The molecule has 3 N–H and O–H groups in total. The van der Waals surface area contributed by atoms with Crippen molar-refractivity contribution in [2.45, 2.75) is 38.4 Å². The Balaban J connectivity index is 2.16. The molecule has 0 saturated carbocycles. The molecule has 2 rings (SSSR count). The summed E-state index contributed by atoms with van der Waals surface area (Å²) >= 11 is 0. The Morgan fingerprint density at radius 2 is 2.14 bits per heavy atom. The Kier molecular flexibility index (Phi) is 4.85. The number of hydrogen-bond donors (Lipinski definition) is 2. The lowest BCUT2D eigenvalue weighted by Crippen LogP contribution is -2.53. The van der Waals surface area contributed by atoms with Crippen molar-refractivity contribution in [2.75, 3.05) is 19.6 Å². The zero-order chi connectivity index (χ0) is 15.5. The Bertz CT molecular complexity index is 488. The van der Waals surface area contributed by atoms with Crippen molar-refractivity contribution in [3.05, 3.63) is 35.9 Å². The highest BCUT2D eigenvalue weighted by Gasteiger charge is 2.33. The second-order valence-electron chi connectivity index (χ2n) is 6.37. The monoisotopic (exact) mass is 291 g/mol. The quantitative estimate of drug-likeness (QED) is 0.385. The van der Waals surface area contributed by atoms with Gasteiger partial charge in [0, 0.05) is 19.6 Å². The van der Waals surface area contributed by atoms with Crippen molar-refractivity contribution in [3.63, 3.8) is 0 Å². The zero-order valence-corrected chi connectivity index (χ0v) is 13.0. The minimum atomic E-state index is -0.177. The van der Waals surface area contributed by atoms with Gasteiger partial charge in [-0.05, 0) is 26.3 Å². The van der Waals surface area contributed by atoms with Crippen molar-refractivity contribution < 1.29 is 9.94 Å². The standard InChI is InChI=1S/C16H25N3O2/c1-12-9-19(11-16(2,3)21-12)10-14(15(17)18-20)13-7-5-4-6-8-13/h4-8,12,14,20H,9-11H2,1-3H3,(H2,17,18). The van der Waals surface area contributed by atoms with Gasteiger partial charge in [0.1, 0.15) is 5.84 Å². The number of benzene rings is 1. The summed E-state index contributed by atoms with van der Waals surface area (Å²) in [6.07, 6.45) is 0.178. The smallest absolute Gasteiger partial charge is 0.147 e. The molecule has 1 aliphatic rings. The van der Waals surface area contributed by atoms with E-state index in [1.54, 1.807) is 0 Å². The van der Waals surface area contributed by atoms with Crippen LogP contribution in [0.4, 0.5) is 0 Å². The third-order valence-corrected chi connectivity index (χ3v) is 3.76. The van der Waals surface area contributed by atoms with Crippen LogP contribution >= 0.6 is 0 Å². The number of ether oxygens (including phenoxy) is 1. The molecular weight excluding hydrogens is 266 g/mol. The van der Waals surface area contributed by atoms with E-state index in [4.69, 9.17) is 15.7 Å². The largest absolute Gasteiger partial charge is 0.409 e. The Morgan fingerprint density at radius 3 is 2.71 bits per heavy atom. The van der Waals surface area contributed by atoms with E-state index in [0.717, 1.165) is 25.2 Å². The number of nitrogens with two attached hydrogens (primary N) is 1. The van der Waals surface area contributed by atoms with Gasteiger partial charge >= 0.3 is 0 Å². The van der Waals surface area contributed by atoms with Gasteiger partial charge in [-0.15, -0.1) is 0 Å². The van der Waals surface area contributed by atoms with Crippen LogP contribution in [0.25, 0.3) is 0 Å². The van der Waals surface area contributed by atoms with E-state index >= 15 is 0 Å². The Hall–Kier alpha value is -1.59. The highest BCUT2D eigenvalue weighted by atomic mass is 16.5. The van der Waals surface area contributed by atoms with E-state index in [9.17, 15) is 0 Å². The molecule has 1 aromatic rings. The zero-order valence-electron chi connectivity index (χ0n) is 13.0. The summed E-state index contributed by atoms with van der Waals surface area (Å²) < 4.78 is 5.93. The number of rotatable bonds is 4. The summed E-state index contributed by atoms with van der Waals surface area (Å²) in [5.41, 5.74) is 6.79. The Morgan fingerprint density at radius 1 is 1.48 bits per heavy atom. The van der Waals surface area contributed by atoms with Crippen LogP contribution in [0.5, 0.6) is 0 Å². The summed E-state index contributed by atoms with van der Waals surface area (Å²) in [6.45, 7) is 8.67. The molecule has 1 fully saturated rings. The first-order valence-electron chi connectivity index (χ1n) is 7.34. The van der Waals surface area contributed by atoms with Gasteiger partial charge in [-0.3, -0.25) is 4.90 Å². The maximum atomic E-state index is 9.07. The van der Waals surface area contributed by atoms with Crippen LogP contribution in [0.1, 0.15) is 32.3 Å². The van der Waals surface area contributed by atoms with Crippen molar-refractivity contribution >= 4 is 5.84 Å². The van der Waals surface area contributed by atoms with Crippen LogP contribution in [0, 0.1) is 0 Å². The summed E-state index contributed by atoms with van der Waals surface area (Å²) in [6, 6.07) is 9.93. The molecule has 1 heterocycles. The summed E-state index contributed by atoms with van der Waals surface area (Å²) in [4.78, 5) is 2.32. The molecule has 0 radical (unpaired) electrons. The van der Waals surface area contributed by atoms with Crippen LogP contribution in [-0.4, -0.2) is 47.3 Å². The molecule has 0 spiro atoms. The molecule has 2 atom stereocenters. The number of nitrogens with zero attached hydrogens (tertiary/aromatic N) is 2. The van der Waals surface area contributed by atoms with Gasteiger partial charge in [-0.2, -0.15) is 0 Å². The van der Waals surface area contributed by atoms with Gasteiger partial charge in [0.15, 0.2) is 0 Å². The first-order chi connectivity index (χ1) is 9.91. The van der Waals surface area contributed by atoms with Crippen molar-refractivity contribution in [1.29, 1.82) is 0 Å². The molecular formula is C16H25N3O2. The number of oxime groups is 1. The van der Waals surface area contributed by atoms with Gasteiger partial charge in [0.25, 0.3) is 0 Å². The topological polar surface area (TPSA) is 71.1 Å². The lowest BCUT2D eigenvalue weighted by Gasteiger charge is -2.42. The van der Waals surface area contributed by atoms with Crippen LogP contribution in [0.15, 0.2) is 35.5 Å². The second kappa shape index (κ2) is 6.45. The molecule has 2 unspecified atom stereocenters. The van der Waals surface area contributed by atoms with Crippen LogP contribution in [0.3, 0.4) is 0 Å². The highest BCUT2D eigenvalue weighted by molar-refractivity contribution is 5.87. The summed E-state index contributed by atoms with van der Waals surface area (Å²) in [5.74, 6) is 0.135. The minimum Gasteiger partial charge on any atom is -0.409 e. The molecule has 0 aromatic heterocycles. The lowest BCUT2D eigenvalue weighted by atomic mass is 9.95. The molecule has 0 aliphatic carbocycles. The maximum absolute atomic E-state index is 9.07. The molecule has 1 aromatic carbocycles. The minimum absolute atomic E-state index is 0.114.